The summed E-state index contributed by atoms with van der Waals surface area (Å²) in [5, 5.41) is 13.9. The highest BCUT2D eigenvalue weighted by molar-refractivity contribution is 8.16. The van der Waals surface area contributed by atoms with Crippen LogP contribution < -0.4 is 4.90 Å². The van der Waals surface area contributed by atoms with Gasteiger partial charge in [-0.3, -0.25) is 0 Å². The third-order valence-electron chi connectivity index (χ3n) is 6.46. The van der Waals surface area contributed by atoms with Crippen molar-refractivity contribution in [3.05, 3.63) is 95.8 Å². The Morgan fingerprint density at radius 3 is 2.29 bits per heavy atom. The first-order valence-electron chi connectivity index (χ1n) is 12.7. The van der Waals surface area contributed by atoms with E-state index in [1.54, 1.807) is 18.0 Å². The zero-order valence-electron chi connectivity index (χ0n) is 22.1. The number of hydrogen-bond donors (Lipinski definition) is 0. The van der Waals surface area contributed by atoms with Gasteiger partial charge in [-0.25, -0.2) is 9.67 Å². The van der Waals surface area contributed by atoms with Gasteiger partial charge in [0.25, 0.3) is 0 Å². The first kappa shape index (κ1) is 28.5. The van der Waals surface area contributed by atoms with E-state index in [9.17, 15) is 22.0 Å². The summed E-state index contributed by atoms with van der Waals surface area (Å²) >= 11 is 1.63. The summed E-state index contributed by atoms with van der Waals surface area (Å²) in [4.78, 5) is 6.43. The van der Waals surface area contributed by atoms with Crippen molar-refractivity contribution in [3.63, 3.8) is 0 Å². The van der Waals surface area contributed by atoms with Crippen molar-refractivity contribution < 1.29 is 22.0 Å². The number of thioether (sulfide) groups is 1. The van der Waals surface area contributed by atoms with Crippen molar-refractivity contribution in [3.8, 4) is 17.1 Å². The van der Waals surface area contributed by atoms with Crippen LogP contribution in [0.15, 0.2) is 89.3 Å². The molecule has 0 bridgehead atoms. The normalized spacial score (nSPS) is 15.2. The number of aromatic nitrogens is 3. The highest BCUT2D eigenvalue weighted by Gasteiger charge is 2.57. The summed E-state index contributed by atoms with van der Waals surface area (Å²) in [6.07, 6.45) is -3.92. The predicted octanol–water partition coefficient (Wildman–Crippen LogP) is 7.70. The number of para-hydroxylation sites is 1. The lowest BCUT2D eigenvalue weighted by molar-refractivity contribution is -0.281. The minimum absolute atomic E-state index is 0.136. The number of alkyl halides is 5. The lowest BCUT2D eigenvalue weighted by Gasteiger charge is -2.34. The molecule has 0 N–H and O–H groups in total. The van der Waals surface area contributed by atoms with Gasteiger partial charge in [0.15, 0.2) is 11.0 Å². The van der Waals surface area contributed by atoms with E-state index < -0.39 is 18.5 Å². The van der Waals surface area contributed by atoms with E-state index in [0.29, 0.717) is 17.4 Å². The van der Waals surface area contributed by atoms with Gasteiger partial charge in [-0.1, -0.05) is 80.2 Å². The van der Waals surface area contributed by atoms with E-state index in [-0.39, 0.29) is 5.56 Å². The van der Waals surface area contributed by atoms with Crippen LogP contribution in [0.25, 0.3) is 17.1 Å². The highest BCUT2D eigenvalue weighted by Crippen LogP contribution is 2.38. The molecule has 1 saturated heterocycles. The minimum atomic E-state index is -5.60. The van der Waals surface area contributed by atoms with Crippen LogP contribution in [0.3, 0.4) is 0 Å². The fourth-order valence-corrected chi connectivity index (χ4v) is 4.89. The van der Waals surface area contributed by atoms with E-state index in [1.165, 1.54) is 40.8 Å². The predicted molar refractivity (Wildman–Crippen MR) is 152 cm³/mol. The molecule has 0 saturated carbocycles. The number of rotatable bonds is 8. The molecule has 0 spiro atoms. The molecule has 0 unspecified atom stereocenters. The van der Waals surface area contributed by atoms with E-state index >= 15 is 0 Å². The molecule has 4 aromatic rings. The number of halogens is 5. The number of amidine groups is 1. The fraction of sp³-hybridized carbons (Fsp3) is 0.241. The molecule has 6 nitrogen and oxygen atoms in total. The van der Waals surface area contributed by atoms with E-state index in [1.807, 2.05) is 36.4 Å². The van der Waals surface area contributed by atoms with Gasteiger partial charge in [-0.2, -0.15) is 27.1 Å². The van der Waals surface area contributed by atoms with Gasteiger partial charge in [-0.15, -0.1) is 10.2 Å². The van der Waals surface area contributed by atoms with Crippen molar-refractivity contribution in [2.45, 2.75) is 38.3 Å². The summed E-state index contributed by atoms with van der Waals surface area (Å²) in [6, 6.07) is 20.9. The Bertz CT molecular complexity index is 1560. The molecule has 3 aromatic carbocycles. The molecule has 1 aliphatic rings. The van der Waals surface area contributed by atoms with E-state index in [0.717, 1.165) is 27.9 Å². The maximum Gasteiger partial charge on any atom is 0.453 e. The number of benzene rings is 3. The molecule has 0 amide bonds. The Hall–Kier alpha value is -4.06. The van der Waals surface area contributed by atoms with Crippen molar-refractivity contribution in [1.82, 2.24) is 14.8 Å². The number of hydrogen-bond acceptors (Lipinski definition) is 5. The molecule has 5 rings (SSSR count). The molecule has 1 fully saturated rings. The number of nitrogens with zero attached hydrogens (tertiary/aromatic N) is 6. The average molecular weight is 585 g/mol. The lowest BCUT2D eigenvalue weighted by Crippen LogP contribution is -2.39. The maximum atomic E-state index is 13.3. The first-order chi connectivity index (χ1) is 19.5. The molecule has 1 aromatic heterocycles. The molecule has 0 aliphatic carbocycles. The monoisotopic (exact) mass is 584 g/mol. The van der Waals surface area contributed by atoms with E-state index in [4.69, 9.17) is 0 Å². The van der Waals surface area contributed by atoms with Crippen molar-refractivity contribution >= 4 is 28.8 Å². The van der Waals surface area contributed by atoms with Crippen LogP contribution in [0.5, 0.6) is 0 Å². The van der Waals surface area contributed by atoms with Crippen LogP contribution >= 0.6 is 11.8 Å². The molecule has 0 atom stereocenters. The third-order valence-corrected chi connectivity index (χ3v) is 7.40. The van der Waals surface area contributed by atoms with Crippen LogP contribution in [0, 0.1) is 0 Å². The van der Waals surface area contributed by atoms with E-state index in [2.05, 4.69) is 51.2 Å². The molecule has 1 aliphatic heterocycles. The van der Waals surface area contributed by atoms with Gasteiger partial charge in [0.1, 0.15) is 6.33 Å². The maximum absolute atomic E-state index is 13.3. The smallest absolute Gasteiger partial charge is 0.309 e. The van der Waals surface area contributed by atoms with Crippen molar-refractivity contribution in [2.75, 3.05) is 10.8 Å². The standard InChI is InChI=1S/C29H25F5N6S/c1-19(2)24-5-3-4-6-25(24)39-18-41-27(39)37-36-16-21-7-11-22(12-8-21)26-35-17-40(38-26)23-13-9-20(10-14-23)15-28(30,31)29(32,33)34/h3-14,16-17,19H,15,18H2,1-2H3/b36-16+,37-27-. The topological polar surface area (TPSA) is 58.7 Å². The molecule has 12 heteroatoms. The van der Waals surface area contributed by atoms with Gasteiger partial charge in [0, 0.05) is 17.7 Å². The first-order valence-corrected chi connectivity index (χ1v) is 13.7. The second-order valence-electron chi connectivity index (χ2n) is 9.72. The summed E-state index contributed by atoms with van der Waals surface area (Å²) < 4.78 is 65.5. The zero-order valence-corrected chi connectivity index (χ0v) is 22.9. The highest BCUT2D eigenvalue weighted by atomic mass is 32.2. The Labute approximate surface area is 237 Å². The number of anilines is 1. The van der Waals surface area contributed by atoms with Crippen molar-refractivity contribution in [1.29, 1.82) is 0 Å². The third kappa shape index (κ3) is 6.32. The average Bonchev–Trinajstić information content (AvgIpc) is 3.41. The molecule has 212 valence electrons. The minimum Gasteiger partial charge on any atom is -0.309 e. The van der Waals surface area contributed by atoms with Crippen LogP contribution in [-0.2, 0) is 6.42 Å². The summed E-state index contributed by atoms with van der Waals surface area (Å²) in [5.41, 5.74) is 4.32. The zero-order chi connectivity index (χ0) is 29.2. The van der Waals surface area contributed by atoms with Crippen LogP contribution in [-0.4, -0.2) is 44.1 Å². The Morgan fingerprint density at radius 2 is 1.66 bits per heavy atom. The Morgan fingerprint density at radius 1 is 0.951 bits per heavy atom. The molecular formula is C29H25F5N6S. The Balaban J connectivity index is 1.22. The molecule has 41 heavy (non-hydrogen) atoms. The quantitative estimate of drug-likeness (QED) is 0.121. The second-order valence-corrected chi connectivity index (χ2v) is 10.6. The fourth-order valence-electron chi connectivity index (χ4n) is 4.17. The summed E-state index contributed by atoms with van der Waals surface area (Å²) in [6.45, 7) is 4.33. The lowest BCUT2D eigenvalue weighted by atomic mass is 10.0. The SMILES string of the molecule is CC(C)c1ccccc1N1CS/C1=N\N=C\c1ccc(-c2ncn(-c3ccc(CC(F)(F)C(F)(F)F)cc3)n2)cc1. The van der Waals surface area contributed by atoms with Crippen LogP contribution in [0.2, 0.25) is 0 Å². The van der Waals surface area contributed by atoms with Crippen LogP contribution in [0.1, 0.15) is 36.5 Å². The molecule has 2 heterocycles. The van der Waals surface area contributed by atoms with Gasteiger partial charge in [-0.05, 0) is 40.8 Å². The molecular weight excluding hydrogens is 559 g/mol. The van der Waals surface area contributed by atoms with Crippen LogP contribution in [0.4, 0.5) is 27.6 Å². The Kier molecular flexibility index (Phi) is 7.94. The summed E-state index contributed by atoms with van der Waals surface area (Å²) in [7, 11) is 0. The van der Waals surface area contributed by atoms with Gasteiger partial charge < -0.3 is 4.90 Å². The van der Waals surface area contributed by atoms with Gasteiger partial charge in [0.05, 0.1) is 17.8 Å². The second kappa shape index (κ2) is 11.4. The van der Waals surface area contributed by atoms with Gasteiger partial charge >= 0.3 is 12.1 Å². The molecule has 0 radical (unpaired) electrons. The summed E-state index contributed by atoms with van der Waals surface area (Å²) in [5.74, 6) is -3.15. The van der Waals surface area contributed by atoms with Crippen molar-refractivity contribution in [2.24, 2.45) is 10.2 Å². The largest absolute Gasteiger partial charge is 0.453 e. The van der Waals surface area contributed by atoms with Gasteiger partial charge in [0.2, 0.25) is 0 Å².